The summed E-state index contributed by atoms with van der Waals surface area (Å²) in [5.74, 6) is 1.47. The minimum Gasteiger partial charge on any atom is -0.327 e. The molecule has 2 saturated carbocycles. The van der Waals surface area contributed by atoms with Crippen LogP contribution in [0.2, 0.25) is 0 Å². The zero-order valence-electron chi connectivity index (χ0n) is 12.1. The summed E-state index contributed by atoms with van der Waals surface area (Å²) < 4.78 is 2.21. The van der Waals surface area contributed by atoms with Crippen molar-refractivity contribution in [3.8, 4) is 0 Å². The molecule has 3 unspecified atom stereocenters. The number of nitrogens with two attached hydrogens (primary N) is 1. The fraction of sp³-hybridized carbons (Fsp3) is 0.812. The standard InChI is InChI=1S/C16H27N3/c1-12-6-7-16(17)13(10-12)11-14-8-9-19(18-14)15-4-2-3-5-15/h8-9,12-13,15-16H,2-7,10-11,17H2,1H3. The van der Waals surface area contributed by atoms with Gasteiger partial charge in [-0.25, -0.2) is 0 Å². The van der Waals surface area contributed by atoms with Crippen LogP contribution in [0, 0.1) is 11.8 Å². The molecular formula is C16H27N3. The van der Waals surface area contributed by atoms with Crippen LogP contribution in [0.25, 0.3) is 0 Å². The van der Waals surface area contributed by atoms with E-state index in [0.29, 0.717) is 18.0 Å². The summed E-state index contributed by atoms with van der Waals surface area (Å²) >= 11 is 0. The van der Waals surface area contributed by atoms with Crippen LogP contribution in [0.15, 0.2) is 12.3 Å². The van der Waals surface area contributed by atoms with Crippen molar-refractivity contribution in [2.24, 2.45) is 17.6 Å². The average molecular weight is 261 g/mol. The summed E-state index contributed by atoms with van der Waals surface area (Å²) in [5.41, 5.74) is 7.53. The van der Waals surface area contributed by atoms with Gasteiger partial charge in [-0.05, 0) is 56.4 Å². The molecule has 0 amide bonds. The molecule has 1 aromatic heterocycles. The maximum Gasteiger partial charge on any atom is 0.0628 e. The van der Waals surface area contributed by atoms with Crippen molar-refractivity contribution in [1.29, 1.82) is 0 Å². The molecule has 1 aromatic rings. The van der Waals surface area contributed by atoms with E-state index in [2.05, 4.69) is 23.9 Å². The summed E-state index contributed by atoms with van der Waals surface area (Å²) in [6.07, 6.45) is 12.4. The molecule has 0 bridgehead atoms. The van der Waals surface area contributed by atoms with E-state index in [4.69, 9.17) is 10.8 Å². The second-order valence-corrected chi connectivity index (χ2v) is 6.77. The van der Waals surface area contributed by atoms with Gasteiger partial charge in [-0.2, -0.15) is 5.10 Å². The molecule has 0 aromatic carbocycles. The van der Waals surface area contributed by atoms with Crippen LogP contribution in [0.3, 0.4) is 0 Å². The predicted octanol–water partition coefficient (Wildman–Crippen LogP) is 3.30. The van der Waals surface area contributed by atoms with Gasteiger partial charge < -0.3 is 5.73 Å². The van der Waals surface area contributed by atoms with Gasteiger partial charge in [-0.1, -0.05) is 19.8 Å². The van der Waals surface area contributed by atoms with Gasteiger partial charge >= 0.3 is 0 Å². The third kappa shape index (κ3) is 3.02. The fourth-order valence-corrected chi connectivity index (χ4v) is 3.88. The highest BCUT2D eigenvalue weighted by Crippen LogP contribution is 2.31. The van der Waals surface area contributed by atoms with Gasteiger partial charge in [0.05, 0.1) is 11.7 Å². The van der Waals surface area contributed by atoms with Crippen molar-refractivity contribution < 1.29 is 0 Å². The van der Waals surface area contributed by atoms with Crippen LogP contribution in [-0.2, 0) is 6.42 Å². The van der Waals surface area contributed by atoms with Crippen molar-refractivity contribution in [2.75, 3.05) is 0 Å². The van der Waals surface area contributed by atoms with Gasteiger partial charge in [0.25, 0.3) is 0 Å². The molecule has 0 aliphatic heterocycles. The molecule has 0 radical (unpaired) electrons. The fourth-order valence-electron chi connectivity index (χ4n) is 3.88. The molecule has 3 heteroatoms. The number of rotatable bonds is 3. The molecule has 19 heavy (non-hydrogen) atoms. The molecule has 3 nitrogen and oxygen atoms in total. The largest absolute Gasteiger partial charge is 0.327 e. The van der Waals surface area contributed by atoms with Gasteiger partial charge in [-0.3, -0.25) is 4.68 Å². The van der Waals surface area contributed by atoms with Crippen LogP contribution >= 0.6 is 0 Å². The second kappa shape index (κ2) is 5.66. The third-order valence-electron chi connectivity index (χ3n) is 5.14. The van der Waals surface area contributed by atoms with Crippen LogP contribution in [0.5, 0.6) is 0 Å². The average Bonchev–Trinajstić information content (AvgIpc) is 3.04. The number of aromatic nitrogens is 2. The first kappa shape index (κ1) is 13.2. The molecule has 1 heterocycles. The Balaban J connectivity index is 1.62. The maximum atomic E-state index is 6.28. The van der Waals surface area contributed by atoms with Crippen molar-refractivity contribution in [2.45, 2.75) is 70.4 Å². The number of hydrogen-bond acceptors (Lipinski definition) is 2. The summed E-state index contributed by atoms with van der Waals surface area (Å²) in [6, 6.07) is 3.25. The van der Waals surface area contributed by atoms with Crippen molar-refractivity contribution >= 4 is 0 Å². The predicted molar refractivity (Wildman–Crippen MR) is 77.9 cm³/mol. The van der Waals surface area contributed by atoms with E-state index in [1.807, 2.05) is 0 Å². The third-order valence-corrected chi connectivity index (χ3v) is 5.14. The Bertz CT molecular complexity index is 406. The highest BCUT2D eigenvalue weighted by molar-refractivity contribution is 5.03. The monoisotopic (exact) mass is 261 g/mol. The smallest absolute Gasteiger partial charge is 0.0628 e. The molecule has 3 atom stereocenters. The lowest BCUT2D eigenvalue weighted by atomic mass is 9.77. The van der Waals surface area contributed by atoms with Gasteiger partial charge in [-0.15, -0.1) is 0 Å². The Morgan fingerprint density at radius 3 is 2.84 bits per heavy atom. The SMILES string of the molecule is CC1CCC(N)C(Cc2ccn(C3CCCC3)n2)C1. The first-order valence-corrected chi connectivity index (χ1v) is 8.02. The lowest BCUT2D eigenvalue weighted by Crippen LogP contribution is -2.36. The van der Waals surface area contributed by atoms with Gasteiger partial charge in [0.15, 0.2) is 0 Å². The second-order valence-electron chi connectivity index (χ2n) is 6.77. The normalized spacial score (nSPS) is 32.8. The topological polar surface area (TPSA) is 43.8 Å². The lowest BCUT2D eigenvalue weighted by molar-refractivity contribution is 0.243. The van der Waals surface area contributed by atoms with Crippen LogP contribution in [0.4, 0.5) is 0 Å². The van der Waals surface area contributed by atoms with E-state index in [1.165, 1.54) is 50.6 Å². The van der Waals surface area contributed by atoms with E-state index in [1.54, 1.807) is 0 Å². The van der Waals surface area contributed by atoms with E-state index in [0.717, 1.165) is 12.3 Å². The Morgan fingerprint density at radius 2 is 2.05 bits per heavy atom. The van der Waals surface area contributed by atoms with Crippen LogP contribution in [-0.4, -0.2) is 15.8 Å². The minimum atomic E-state index is 0.382. The van der Waals surface area contributed by atoms with E-state index in [-0.39, 0.29) is 0 Å². The molecular weight excluding hydrogens is 234 g/mol. The summed E-state index contributed by atoms with van der Waals surface area (Å²) in [4.78, 5) is 0. The molecule has 3 rings (SSSR count). The zero-order valence-corrected chi connectivity index (χ0v) is 12.1. The van der Waals surface area contributed by atoms with Crippen molar-refractivity contribution in [3.63, 3.8) is 0 Å². The molecule has 0 saturated heterocycles. The van der Waals surface area contributed by atoms with Crippen molar-refractivity contribution in [1.82, 2.24) is 9.78 Å². The zero-order chi connectivity index (χ0) is 13.2. The summed E-state index contributed by atoms with van der Waals surface area (Å²) in [5, 5.41) is 4.81. The van der Waals surface area contributed by atoms with Crippen molar-refractivity contribution in [3.05, 3.63) is 18.0 Å². The molecule has 2 fully saturated rings. The quantitative estimate of drug-likeness (QED) is 0.907. The molecule has 0 spiro atoms. The molecule has 106 valence electrons. The van der Waals surface area contributed by atoms with E-state index >= 15 is 0 Å². The number of hydrogen-bond donors (Lipinski definition) is 1. The summed E-state index contributed by atoms with van der Waals surface area (Å²) in [7, 11) is 0. The maximum absolute atomic E-state index is 6.28. The number of nitrogens with zero attached hydrogens (tertiary/aromatic N) is 2. The first-order valence-electron chi connectivity index (χ1n) is 8.02. The van der Waals surface area contributed by atoms with Gasteiger partial charge in [0, 0.05) is 12.2 Å². The van der Waals surface area contributed by atoms with Gasteiger partial charge in [0.2, 0.25) is 0 Å². The highest BCUT2D eigenvalue weighted by Gasteiger charge is 2.27. The van der Waals surface area contributed by atoms with Crippen LogP contribution < -0.4 is 5.73 Å². The Morgan fingerprint density at radius 1 is 1.26 bits per heavy atom. The lowest BCUT2D eigenvalue weighted by Gasteiger charge is -2.32. The first-order chi connectivity index (χ1) is 9.22. The highest BCUT2D eigenvalue weighted by atomic mass is 15.3. The molecule has 2 aliphatic carbocycles. The van der Waals surface area contributed by atoms with E-state index in [9.17, 15) is 0 Å². The summed E-state index contributed by atoms with van der Waals surface area (Å²) in [6.45, 7) is 2.36. The Hall–Kier alpha value is -0.830. The van der Waals surface area contributed by atoms with E-state index < -0.39 is 0 Å². The van der Waals surface area contributed by atoms with Crippen LogP contribution in [0.1, 0.15) is 63.6 Å². The van der Waals surface area contributed by atoms with Gasteiger partial charge in [0.1, 0.15) is 0 Å². The Labute approximate surface area is 116 Å². The Kier molecular flexibility index (Phi) is 3.92. The molecule has 2 N–H and O–H groups in total. The molecule has 2 aliphatic rings. The minimum absolute atomic E-state index is 0.382.